The van der Waals surface area contributed by atoms with Crippen LogP contribution in [-0.2, 0) is 0 Å². The molecule has 0 fully saturated rings. The molecule has 1 aromatic carbocycles. The van der Waals surface area contributed by atoms with E-state index in [0.29, 0.717) is 16.7 Å². The molecule has 0 aliphatic rings. The maximum atomic E-state index is 9.27. The molecule has 4 nitrogen and oxygen atoms in total. The van der Waals surface area contributed by atoms with Crippen molar-refractivity contribution in [2.45, 2.75) is 28.9 Å². The second-order valence-electron chi connectivity index (χ2n) is 3.36. The summed E-state index contributed by atoms with van der Waals surface area (Å²) >= 11 is 2.98. The summed E-state index contributed by atoms with van der Waals surface area (Å²) in [5.41, 5.74) is 0.671. The van der Waals surface area contributed by atoms with Gasteiger partial charge in [-0.1, -0.05) is 13.0 Å². The van der Waals surface area contributed by atoms with Crippen LogP contribution in [0.3, 0.4) is 0 Å². The number of hydrogen-bond donors (Lipinski definition) is 0. The van der Waals surface area contributed by atoms with Crippen molar-refractivity contribution in [3.05, 3.63) is 29.7 Å². The number of benzene rings is 1. The Morgan fingerprint density at radius 2 is 2.11 bits per heavy atom. The highest BCUT2D eigenvalue weighted by atomic mass is 32.2. The number of nitriles is 1. The first-order chi connectivity index (χ1) is 8.74. The molecule has 1 heterocycles. The minimum Gasteiger partial charge on any atom is -0.416 e. The second-order valence-corrected chi connectivity index (χ2v) is 5.66. The average Bonchev–Trinajstić information content (AvgIpc) is 2.76. The minimum absolute atomic E-state index is 0.461. The maximum Gasteiger partial charge on any atom is 0.281 e. The lowest BCUT2D eigenvalue weighted by Gasteiger charge is -2.05. The Morgan fingerprint density at radius 3 is 2.72 bits per heavy atom. The van der Waals surface area contributed by atoms with Crippen LogP contribution in [0, 0.1) is 18.3 Å². The molecule has 0 bridgehead atoms. The molecule has 0 saturated carbocycles. The lowest BCUT2D eigenvalue weighted by Crippen LogP contribution is -1.86. The fraction of sp³-hybridized carbons (Fsp3) is 0.250. The summed E-state index contributed by atoms with van der Waals surface area (Å²) < 4.78 is 5.31. The van der Waals surface area contributed by atoms with Gasteiger partial charge in [-0.25, -0.2) is 0 Å². The van der Waals surface area contributed by atoms with Crippen LogP contribution < -0.4 is 0 Å². The highest BCUT2D eigenvalue weighted by Gasteiger charge is 2.12. The van der Waals surface area contributed by atoms with Crippen molar-refractivity contribution in [2.75, 3.05) is 5.75 Å². The largest absolute Gasteiger partial charge is 0.416 e. The van der Waals surface area contributed by atoms with Gasteiger partial charge in [0, 0.05) is 16.7 Å². The molecule has 92 valence electrons. The average molecular weight is 277 g/mol. The SMILES string of the molecule is CCSc1cccc(Sc2nnc(C)o2)c1C#N. The van der Waals surface area contributed by atoms with E-state index in [0.717, 1.165) is 15.5 Å². The zero-order valence-electron chi connectivity index (χ0n) is 10.0. The molecule has 0 radical (unpaired) electrons. The van der Waals surface area contributed by atoms with Gasteiger partial charge in [0.25, 0.3) is 5.22 Å². The third-order valence-electron chi connectivity index (χ3n) is 2.10. The van der Waals surface area contributed by atoms with Gasteiger partial charge in [0.1, 0.15) is 6.07 Å². The van der Waals surface area contributed by atoms with Crippen LogP contribution in [-0.4, -0.2) is 16.0 Å². The summed E-state index contributed by atoms with van der Waals surface area (Å²) in [7, 11) is 0. The van der Waals surface area contributed by atoms with Crippen molar-refractivity contribution >= 4 is 23.5 Å². The van der Waals surface area contributed by atoms with Gasteiger partial charge in [-0.3, -0.25) is 0 Å². The summed E-state index contributed by atoms with van der Waals surface area (Å²) in [6.45, 7) is 3.80. The van der Waals surface area contributed by atoms with Crippen LogP contribution in [0.15, 0.2) is 37.6 Å². The zero-order valence-corrected chi connectivity index (χ0v) is 11.6. The van der Waals surface area contributed by atoms with E-state index in [1.165, 1.54) is 11.8 Å². The van der Waals surface area contributed by atoms with E-state index in [2.05, 4.69) is 23.2 Å². The summed E-state index contributed by atoms with van der Waals surface area (Å²) in [6, 6.07) is 8.02. The number of nitrogens with zero attached hydrogens (tertiary/aromatic N) is 3. The fourth-order valence-electron chi connectivity index (χ4n) is 1.40. The molecular weight excluding hydrogens is 266 g/mol. The number of aromatic nitrogens is 2. The van der Waals surface area contributed by atoms with Gasteiger partial charge < -0.3 is 4.42 Å². The molecular formula is C12H11N3OS2. The van der Waals surface area contributed by atoms with Crippen LogP contribution >= 0.6 is 23.5 Å². The second kappa shape index (κ2) is 5.94. The predicted molar refractivity (Wildman–Crippen MR) is 70.7 cm³/mol. The zero-order chi connectivity index (χ0) is 13.0. The van der Waals surface area contributed by atoms with E-state index in [-0.39, 0.29) is 0 Å². The first-order valence-electron chi connectivity index (χ1n) is 5.38. The number of aryl methyl sites for hydroxylation is 1. The van der Waals surface area contributed by atoms with E-state index in [1.54, 1.807) is 18.7 Å². The number of hydrogen-bond acceptors (Lipinski definition) is 6. The monoisotopic (exact) mass is 277 g/mol. The van der Waals surface area contributed by atoms with Crippen molar-refractivity contribution in [3.8, 4) is 6.07 Å². The van der Waals surface area contributed by atoms with E-state index < -0.39 is 0 Å². The quantitative estimate of drug-likeness (QED) is 0.797. The van der Waals surface area contributed by atoms with Gasteiger partial charge in [-0.2, -0.15) is 5.26 Å². The molecule has 6 heteroatoms. The molecule has 0 amide bonds. The molecule has 2 rings (SSSR count). The van der Waals surface area contributed by atoms with Crippen LogP contribution in [0.1, 0.15) is 18.4 Å². The smallest absolute Gasteiger partial charge is 0.281 e. The van der Waals surface area contributed by atoms with Crippen molar-refractivity contribution < 1.29 is 4.42 Å². The van der Waals surface area contributed by atoms with Gasteiger partial charge in [-0.15, -0.1) is 22.0 Å². The van der Waals surface area contributed by atoms with Crippen molar-refractivity contribution in [1.29, 1.82) is 5.26 Å². The molecule has 0 aliphatic carbocycles. The fourth-order valence-corrected chi connectivity index (χ4v) is 3.08. The molecule has 1 aromatic heterocycles. The normalized spacial score (nSPS) is 10.3. The molecule has 2 aromatic rings. The standard InChI is InChI=1S/C12H11N3OS2/c1-3-17-10-5-4-6-11(9(10)7-13)18-12-15-14-8(2)16-12/h4-6H,3H2,1-2H3. The first-order valence-corrected chi connectivity index (χ1v) is 7.18. The van der Waals surface area contributed by atoms with Crippen LogP contribution in [0.2, 0.25) is 0 Å². The van der Waals surface area contributed by atoms with E-state index in [9.17, 15) is 5.26 Å². The van der Waals surface area contributed by atoms with Crippen LogP contribution in [0.4, 0.5) is 0 Å². The van der Waals surface area contributed by atoms with Gasteiger partial charge in [0.15, 0.2) is 0 Å². The van der Waals surface area contributed by atoms with E-state index >= 15 is 0 Å². The Kier molecular flexibility index (Phi) is 4.28. The third-order valence-corrected chi connectivity index (χ3v) is 3.94. The summed E-state index contributed by atoms with van der Waals surface area (Å²) in [4.78, 5) is 1.83. The van der Waals surface area contributed by atoms with Crippen molar-refractivity contribution in [3.63, 3.8) is 0 Å². The lowest BCUT2D eigenvalue weighted by molar-refractivity contribution is 0.429. The predicted octanol–water partition coefficient (Wildman–Crippen LogP) is 3.51. The van der Waals surface area contributed by atoms with Crippen LogP contribution in [0.25, 0.3) is 0 Å². The summed E-state index contributed by atoms with van der Waals surface area (Å²) in [5, 5.41) is 17.4. The Bertz CT molecular complexity index is 589. The van der Waals surface area contributed by atoms with Crippen molar-refractivity contribution in [2.24, 2.45) is 0 Å². The Labute approximate surface area is 114 Å². The molecule has 0 spiro atoms. The molecule has 0 saturated heterocycles. The van der Waals surface area contributed by atoms with Crippen LogP contribution in [0.5, 0.6) is 0 Å². The highest BCUT2D eigenvalue weighted by Crippen LogP contribution is 2.34. The molecule has 0 aliphatic heterocycles. The maximum absolute atomic E-state index is 9.27. The van der Waals surface area contributed by atoms with Gasteiger partial charge in [-0.05, 0) is 29.6 Å². The van der Waals surface area contributed by atoms with E-state index in [4.69, 9.17) is 4.42 Å². The van der Waals surface area contributed by atoms with E-state index in [1.807, 2.05) is 18.2 Å². The molecule has 0 N–H and O–H groups in total. The lowest BCUT2D eigenvalue weighted by atomic mass is 10.2. The summed E-state index contributed by atoms with van der Waals surface area (Å²) in [6.07, 6.45) is 0. The Hall–Kier alpha value is -1.45. The molecule has 0 atom stereocenters. The third kappa shape index (κ3) is 2.86. The number of thioether (sulfide) groups is 1. The van der Waals surface area contributed by atoms with Gasteiger partial charge in [0.05, 0.1) is 5.56 Å². The van der Waals surface area contributed by atoms with Gasteiger partial charge in [0.2, 0.25) is 5.89 Å². The molecule has 0 unspecified atom stereocenters. The first kappa shape index (κ1) is 13.0. The highest BCUT2D eigenvalue weighted by molar-refractivity contribution is 8.00. The van der Waals surface area contributed by atoms with Crippen molar-refractivity contribution in [1.82, 2.24) is 10.2 Å². The Balaban J connectivity index is 2.33. The molecule has 18 heavy (non-hydrogen) atoms. The van der Waals surface area contributed by atoms with Gasteiger partial charge >= 0.3 is 0 Å². The Morgan fingerprint density at radius 1 is 1.33 bits per heavy atom. The topological polar surface area (TPSA) is 62.7 Å². The minimum atomic E-state index is 0.461. The number of rotatable bonds is 4. The summed E-state index contributed by atoms with van der Waals surface area (Å²) in [5.74, 6) is 1.46.